The van der Waals surface area contributed by atoms with Crippen molar-refractivity contribution in [3.8, 4) is 17.1 Å². The van der Waals surface area contributed by atoms with Gasteiger partial charge in [0.15, 0.2) is 5.16 Å². The molecule has 9 nitrogen and oxygen atoms in total. The van der Waals surface area contributed by atoms with E-state index in [-0.39, 0.29) is 11.8 Å². The lowest BCUT2D eigenvalue weighted by atomic mass is 9.95. The van der Waals surface area contributed by atoms with Crippen LogP contribution in [-0.2, 0) is 11.3 Å². The second-order valence-electron chi connectivity index (χ2n) is 8.86. The molecule has 10 heteroatoms. The van der Waals surface area contributed by atoms with E-state index >= 15 is 0 Å². The Morgan fingerprint density at radius 3 is 2.60 bits per heavy atom. The monoisotopic (exact) mass is 486 g/mol. The molecule has 1 aromatic carbocycles. The van der Waals surface area contributed by atoms with Gasteiger partial charge in [0.1, 0.15) is 23.8 Å². The summed E-state index contributed by atoms with van der Waals surface area (Å²) < 4.78 is 4.14. The van der Waals surface area contributed by atoms with Gasteiger partial charge in [-0.05, 0) is 31.9 Å². The zero-order valence-corrected chi connectivity index (χ0v) is 20.3. The Labute approximate surface area is 207 Å². The Morgan fingerprint density at radius 1 is 1.06 bits per heavy atom. The minimum Gasteiger partial charge on any atom is -0.356 e. The van der Waals surface area contributed by atoms with Gasteiger partial charge in [-0.25, -0.2) is 19.9 Å². The maximum Gasteiger partial charge on any atom is 0.227 e. The Morgan fingerprint density at radius 2 is 1.86 bits per heavy atom. The lowest BCUT2D eigenvalue weighted by molar-refractivity contribution is -0.120. The van der Waals surface area contributed by atoms with Crippen molar-refractivity contribution >= 4 is 29.2 Å². The van der Waals surface area contributed by atoms with Crippen LogP contribution in [0.1, 0.15) is 18.7 Å². The van der Waals surface area contributed by atoms with Crippen molar-refractivity contribution in [2.75, 3.05) is 29.1 Å². The average Bonchev–Trinajstić information content (AvgIpc) is 3.61. The zero-order valence-electron chi connectivity index (χ0n) is 19.5. The van der Waals surface area contributed by atoms with Crippen LogP contribution in [0, 0.1) is 12.8 Å². The zero-order chi connectivity index (χ0) is 23.8. The van der Waals surface area contributed by atoms with Crippen LogP contribution < -0.4 is 10.2 Å². The second-order valence-corrected chi connectivity index (χ2v) is 9.92. The van der Waals surface area contributed by atoms with Crippen LogP contribution in [0.3, 0.4) is 0 Å². The fourth-order valence-electron chi connectivity index (χ4n) is 4.65. The van der Waals surface area contributed by atoms with Crippen LogP contribution in [-0.4, -0.2) is 53.8 Å². The van der Waals surface area contributed by atoms with Crippen LogP contribution in [0.2, 0.25) is 0 Å². The number of aromatic nitrogens is 6. The number of hydrogen-bond donors (Lipinski definition) is 1. The number of piperidine rings is 1. The van der Waals surface area contributed by atoms with Crippen molar-refractivity contribution in [2.45, 2.75) is 31.5 Å². The highest BCUT2D eigenvalue weighted by Crippen LogP contribution is 2.30. The lowest BCUT2D eigenvalue weighted by Crippen LogP contribution is -2.38. The van der Waals surface area contributed by atoms with Gasteiger partial charge in [0.05, 0.1) is 5.69 Å². The van der Waals surface area contributed by atoms with Crippen molar-refractivity contribution in [3.05, 3.63) is 61.1 Å². The maximum absolute atomic E-state index is 12.9. The third-order valence-corrected chi connectivity index (χ3v) is 7.62. The fraction of sp³-hybridized carbons (Fsp3) is 0.320. The summed E-state index contributed by atoms with van der Waals surface area (Å²) in [5.74, 6) is 3.71. The van der Waals surface area contributed by atoms with Gasteiger partial charge >= 0.3 is 0 Å². The quantitative estimate of drug-likeness (QED) is 0.459. The molecule has 2 aliphatic heterocycles. The largest absolute Gasteiger partial charge is 0.356 e. The summed E-state index contributed by atoms with van der Waals surface area (Å²) in [6.07, 6.45) is 8.91. The molecule has 0 radical (unpaired) electrons. The van der Waals surface area contributed by atoms with E-state index in [0.29, 0.717) is 0 Å². The number of thioether (sulfide) groups is 1. The van der Waals surface area contributed by atoms with E-state index in [9.17, 15) is 4.79 Å². The molecule has 0 atom stereocenters. The van der Waals surface area contributed by atoms with Crippen molar-refractivity contribution in [1.82, 2.24) is 29.1 Å². The fourth-order valence-corrected chi connectivity index (χ4v) is 5.59. The predicted octanol–water partition coefficient (Wildman–Crippen LogP) is 3.80. The van der Waals surface area contributed by atoms with Gasteiger partial charge in [-0.3, -0.25) is 9.36 Å². The van der Waals surface area contributed by atoms with Gasteiger partial charge < -0.3 is 14.8 Å². The SMILES string of the molecule is Cc1nccn1-c1cc(N2CCC(C(=O)Nc3ccc(-c4cn5c(n4)SCC5)cc3)CC2)ncn1. The van der Waals surface area contributed by atoms with Gasteiger partial charge in [-0.15, -0.1) is 0 Å². The molecule has 0 unspecified atom stereocenters. The number of amides is 1. The molecule has 1 amide bonds. The van der Waals surface area contributed by atoms with Gasteiger partial charge in [-0.2, -0.15) is 0 Å². The number of carbonyl (C=O) groups excluding carboxylic acids is 1. The maximum atomic E-state index is 12.9. The molecule has 35 heavy (non-hydrogen) atoms. The van der Waals surface area contributed by atoms with Gasteiger partial charge in [-0.1, -0.05) is 23.9 Å². The summed E-state index contributed by atoms with van der Waals surface area (Å²) in [6.45, 7) is 4.52. The molecule has 0 bridgehead atoms. The van der Waals surface area contributed by atoms with Crippen LogP contribution in [0.4, 0.5) is 11.5 Å². The minimum absolute atomic E-state index is 0.0173. The number of nitrogens with one attached hydrogen (secondary N) is 1. The topological polar surface area (TPSA) is 93.8 Å². The first-order valence-electron chi connectivity index (χ1n) is 11.8. The second kappa shape index (κ2) is 9.18. The molecule has 1 saturated heterocycles. The number of hydrogen-bond acceptors (Lipinski definition) is 7. The summed E-state index contributed by atoms with van der Waals surface area (Å²) >= 11 is 1.79. The summed E-state index contributed by atoms with van der Waals surface area (Å²) in [5.41, 5.74) is 2.86. The van der Waals surface area contributed by atoms with E-state index < -0.39 is 0 Å². The number of imidazole rings is 2. The van der Waals surface area contributed by atoms with E-state index in [1.54, 1.807) is 24.3 Å². The molecule has 3 aromatic heterocycles. The number of nitrogens with zero attached hydrogens (tertiary/aromatic N) is 7. The molecule has 4 aromatic rings. The van der Waals surface area contributed by atoms with E-state index in [4.69, 9.17) is 4.98 Å². The molecular formula is C25H26N8OS. The van der Waals surface area contributed by atoms with E-state index in [1.165, 1.54) is 0 Å². The minimum atomic E-state index is -0.0173. The molecule has 178 valence electrons. The summed E-state index contributed by atoms with van der Waals surface area (Å²) in [6, 6.07) is 9.94. The first kappa shape index (κ1) is 21.8. The van der Waals surface area contributed by atoms with Crippen LogP contribution in [0.15, 0.2) is 60.4 Å². The molecule has 0 spiro atoms. The molecule has 1 fully saturated rings. The molecule has 1 N–H and O–H groups in total. The highest BCUT2D eigenvalue weighted by atomic mass is 32.2. The van der Waals surface area contributed by atoms with Gasteiger partial charge in [0, 0.05) is 67.2 Å². The standard InChI is InChI=1S/C25H26N8OS/c1-17-26-8-11-33(17)23-14-22(27-16-28-23)31-9-6-19(7-10-31)24(34)29-20-4-2-18(3-5-20)21-15-32-12-13-35-25(32)30-21/h2-5,8,11,14-16,19H,6-7,9-10,12-13H2,1H3,(H,29,34). The van der Waals surface area contributed by atoms with Crippen LogP contribution in [0.25, 0.3) is 17.1 Å². The Hall–Kier alpha value is -3.66. The molecule has 0 aliphatic carbocycles. The number of aryl methyl sites for hydroxylation is 2. The lowest BCUT2D eigenvalue weighted by Gasteiger charge is -2.32. The highest BCUT2D eigenvalue weighted by Gasteiger charge is 2.26. The van der Waals surface area contributed by atoms with Crippen molar-refractivity contribution in [3.63, 3.8) is 0 Å². The van der Waals surface area contributed by atoms with Crippen molar-refractivity contribution in [1.29, 1.82) is 0 Å². The third-order valence-electron chi connectivity index (χ3n) is 6.65. The van der Waals surface area contributed by atoms with E-state index in [2.05, 4.69) is 35.9 Å². The molecule has 6 rings (SSSR count). The van der Waals surface area contributed by atoms with Crippen LogP contribution >= 0.6 is 11.8 Å². The number of fused-ring (bicyclic) bond motifs is 1. The molecule has 5 heterocycles. The van der Waals surface area contributed by atoms with E-state index in [1.807, 2.05) is 48.0 Å². The first-order chi connectivity index (χ1) is 17.1. The normalized spacial score (nSPS) is 15.9. The van der Waals surface area contributed by atoms with Gasteiger partial charge in [0.25, 0.3) is 0 Å². The smallest absolute Gasteiger partial charge is 0.227 e. The summed E-state index contributed by atoms with van der Waals surface area (Å²) in [4.78, 5) is 33.0. The Kier molecular flexibility index (Phi) is 5.73. The average molecular weight is 487 g/mol. The Balaban J connectivity index is 1.06. The van der Waals surface area contributed by atoms with Crippen LogP contribution in [0.5, 0.6) is 0 Å². The Bertz CT molecular complexity index is 1330. The number of benzene rings is 1. The highest BCUT2D eigenvalue weighted by molar-refractivity contribution is 7.99. The van der Waals surface area contributed by atoms with Crippen molar-refractivity contribution in [2.24, 2.45) is 5.92 Å². The number of rotatable bonds is 5. The van der Waals surface area contributed by atoms with Crippen molar-refractivity contribution < 1.29 is 4.79 Å². The molecule has 2 aliphatic rings. The molecular weight excluding hydrogens is 460 g/mol. The predicted molar refractivity (Wildman–Crippen MR) is 136 cm³/mol. The molecule has 0 saturated carbocycles. The number of carbonyl (C=O) groups is 1. The first-order valence-corrected chi connectivity index (χ1v) is 12.8. The van der Waals surface area contributed by atoms with Gasteiger partial charge in [0.2, 0.25) is 5.91 Å². The number of anilines is 2. The van der Waals surface area contributed by atoms with E-state index in [0.717, 1.165) is 77.8 Å². The third kappa shape index (κ3) is 4.41. The summed E-state index contributed by atoms with van der Waals surface area (Å²) in [5, 5.41) is 4.18. The summed E-state index contributed by atoms with van der Waals surface area (Å²) in [7, 11) is 0.